The number of piperidine rings is 1. The fourth-order valence-corrected chi connectivity index (χ4v) is 3.66. The van der Waals surface area contributed by atoms with Crippen LogP contribution < -0.4 is 0 Å². The summed E-state index contributed by atoms with van der Waals surface area (Å²) < 4.78 is 0. The monoisotopic (exact) mass is 364 g/mol. The Labute approximate surface area is 158 Å². The van der Waals surface area contributed by atoms with Gasteiger partial charge >= 0.3 is 0 Å². The highest BCUT2D eigenvalue weighted by atomic mass is 35.5. The summed E-state index contributed by atoms with van der Waals surface area (Å²) in [6.07, 6.45) is 7.78. The van der Waals surface area contributed by atoms with Gasteiger partial charge in [0.1, 0.15) is 0 Å². The van der Waals surface area contributed by atoms with E-state index in [1.54, 1.807) is 0 Å². The topological polar surface area (TPSA) is 41.9 Å². The molecule has 1 aliphatic rings. The number of likely N-dealkylation sites (tertiary alicyclic amines) is 1. The van der Waals surface area contributed by atoms with Crippen LogP contribution in [-0.2, 0) is 6.54 Å². The van der Waals surface area contributed by atoms with Gasteiger partial charge in [-0.2, -0.15) is 0 Å². The van der Waals surface area contributed by atoms with Crippen molar-refractivity contribution >= 4 is 11.6 Å². The summed E-state index contributed by atoms with van der Waals surface area (Å²) >= 11 is 6.11. The normalized spacial score (nSPS) is 15.9. The molecule has 0 N–H and O–H groups in total. The molecule has 0 atom stereocenters. The Morgan fingerprint density at radius 3 is 2.69 bits per heavy atom. The van der Waals surface area contributed by atoms with E-state index in [-0.39, 0.29) is 0 Å². The highest BCUT2D eigenvalue weighted by Gasteiger charge is 2.22. The summed E-state index contributed by atoms with van der Waals surface area (Å²) in [6, 6.07) is 13.9. The number of aromatic nitrogens is 3. The van der Waals surface area contributed by atoms with Crippen LogP contribution >= 0.6 is 11.6 Å². The van der Waals surface area contributed by atoms with Crippen LogP contribution in [0.5, 0.6) is 0 Å². The fourth-order valence-electron chi connectivity index (χ4n) is 3.47. The summed E-state index contributed by atoms with van der Waals surface area (Å²) in [5.74, 6) is 0.460. The first kappa shape index (κ1) is 17.1. The number of rotatable bonds is 4. The molecule has 4 nitrogen and oxygen atoms in total. The van der Waals surface area contributed by atoms with Gasteiger partial charge in [0.05, 0.1) is 23.3 Å². The number of benzene rings is 1. The second kappa shape index (κ2) is 7.94. The van der Waals surface area contributed by atoms with Crippen LogP contribution in [0.3, 0.4) is 0 Å². The number of halogens is 1. The Bertz CT molecular complexity index is 861. The third kappa shape index (κ3) is 4.09. The molecule has 26 heavy (non-hydrogen) atoms. The number of nitrogens with zero attached hydrogens (tertiary/aromatic N) is 4. The van der Waals surface area contributed by atoms with E-state index < -0.39 is 0 Å². The van der Waals surface area contributed by atoms with Crippen molar-refractivity contribution in [3.05, 3.63) is 77.5 Å². The molecule has 5 heteroatoms. The van der Waals surface area contributed by atoms with Gasteiger partial charge < -0.3 is 0 Å². The maximum Gasteiger partial charge on any atom is 0.0889 e. The van der Waals surface area contributed by atoms with Crippen LogP contribution in [-0.4, -0.2) is 32.9 Å². The molecule has 0 unspecified atom stereocenters. The van der Waals surface area contributed by atoms with E-state index in [0.717, 1.165) is 60.1 Å². The molecule has 1 fully saturated rings. The lowest BCUT2D eigenvalue weighted by Gasteiger charge is -2.31. The van der Waals surface area contributed by atoms with Gasteiger partial charge in [-0.3, -0.25) is 14.9 Å². The minimum Gasteiger partial charge on any atom is -0.297 e. The summed E-state index contributed by atoms with van der Waals surface area (Å²) in [6.45, 7) is 3.04. The molecule has 0 aliphatic carbocycles. The van der Waals surface area contributed by atoms with E-state index in [1.807, 2.05) is 55.0 Å². The molecule has 0 bridgehead atoms. The van der Waals surface area contributed by atoms with Crippen LogP contribution in [0, 0.1) is 0 Å². The molecule has 0 amide bonds. The lowest BCUT2D eigenvalue weighted by molar-refractivity contribution is 0.201. The van der Waals surface area contributed by atoms with Gasteiger partial charge in [0.15, 0.2) is 0 Å². The average molecular weight is 365 g/mol. The predicted molar refractivity (Wildman–Crippen MR) is 104 cm³/mol. The molecule has 4 rings (SSSR count). The quantitative estimate of drug-likeness (QED) is 0.680. The van der Waals surface area contributed by atoms with Crippen molar-refractivity contribution in [2.75, 3.05) is 13.1 Å². The predicted octanol–water partition coefficient (Wildman–Crippen LogP) is 4.57. The summed E-state index contributed by atoms with van der Waals surface area (Å²) in [5.41, 5.74) is 4.12. The lowest BCUT2D eigenvalue weighted by Crippen LogP contribution is -2.33. The lowest BCUT2D eigenvalue weighted by atomic mass is 9.93. The van der Waals surface area contributed by atoms with Crippen LogP contribution in [0.15, 0.2) is 61.1 Å². The second-order valence-electron chi connectivity index (χ2n) is 6.71. The van der Waals surface area contributed by atoms with Crippen molar-refractivity contribution in [2.24, 2.45) is 0 Å². The zero-order valence-corrected chi connectivity index (χ0v) is 15.3. The standard InChI is InChI=1S/C21H21ClN4/c22-18-5-3-4-17(12-18)21-14-23-13-20(25-21)16-7-10-26(11-8-16)15-19-6-1-2-9-24-19/h1-6,9,12-14,16H,7-8,10-11,15H2. The van der Waals surface area contributed by atoms with Crippen molar-refractivity contribution in [1.82, 2.24) is 19.9 Å². The Morgan fingerprint density at radius 2 is 1.92 bits per heavy atom. The van der Waals surface area contributed by atoms with E-state index >= 15 is 0 Å². The zero-order chi connectivity index (χ0) is 17.8. The molecule has 0 radical (unpaired) electrons. The molecule has 2 aromatic heterocycles. The van der Waals surface area contributed by atoms with Crippen LogP contribution in [0.1, 0.15) is 30.1 Å². The highest BCUT2D eigenvalue weighted by molar-refractivity contribution is 6.30. The van der Waals surface area contributed by atoms with E-state index in [0.29, 0.717) is 5.92 Å². The SMILES string of the molecule is Clc1cccc(-c2cncc(C3CCN(Cc4ccccn4)CC3)n2)c1. The van der Waals surface area contributed by atoms with E-state index in [1.165, 1.54) is 0 Å². The molecule has 3 heterocycles. The third-order valence-electron chi connectivity index (χ3n) is 4.89. The number of hydrogen-bond acceptors (Lipinski definition) is 4. The van der Waals surface area contributed by atoms with Gasteiger partial charge in [0.25, 0.3) is 0 Å². The molecular formula is C21H21ClN4. The first-order valence-corrected chi connectivity index (χ1v) is 9.36. The minimum atomic E-state index is 0.460. The van der Waals surface area contributed by atoms with E-state index in [9.17, 15) is 0 Å². The molecule has 132 valence electrons. The Kier molecular flexibility index (Phi) is 5.23. The molecule has 1 aliphatic heterocycles. The molecule has 1 aromatic carbocycles. The first-order chi connectivity index (χ1) is 12.8. The molecule has 0 saturated carbocycles. The van der Waals surface area contributed by atoms with E-state index in [2.05, 4.69) is 20.9 Å². The maximum absolute atomic E-state index is 6.11. The van der Waals surface area contributed by atoms with Crippen LogP contribution in [0.25, 0.3) is 11.3 Å². The summed E-state index contributed by atoms with van der Waals surface area (Å²) in [7, 11) is 0. The molecule has 0 spiro atoms. The van der Waals surface area contributed by atoms with E-state index in [4.69, 9.17) is 16.6 Å². The van der Waals surface area contributed by atoms with Gasteiger partial charge in [-0.05, 0) is 50.2 Å². The van der Waals surface area contributed by atoms with Gasteiger partial charge in [-0.1, -0.05) is 29.8 Å². The molecular weight excluding hydrogens is 344 g/mol. The van der Waals surface area contributed by atoms with Crippen molar-refractivity contribution in [1.29, 1.82) is 0 Å². The Morgan fingerprint density at radius 1 is 1.04 bits per heavy atom. The highest BCUT2D eigenvalue weighted by Crippen LogP contribution is 2.29. The summed E-state index contributed by atoms with van der Waals surface area (Å²) in [4.78, 5) is 16.2. The van der Waals surface area contributed by atoms with Crippen molar-refractivity contribution in [2.45, 2.75) is 25.3 Å². The van der Waals surface area contributed by atoms with Crippen LogP contribution in [0.2, 0.25) is 5.02 Å². The largest absolute Gasteiger partial charge is 0.297 e. The van der Waals surface area contributed by atoms with Gasteiger partial charge in [-0.25, -0.2) is 4.98 Å². The minimum absolute atomic E-state index is 0.460. The van der Waals surface area contributed by atoms with Gasteiger partial charge in [0.2, 0.25) is 0 Å². The second-order valence-corrected chi connectivity index (χ2v) is 7.15. The van der Waals surface area contributed by atoms with Gasteiger partial charge in [0, 0.05) is 35.4 Å². The van der Waals surface area contributed by atoms with Crippen molar-refractivity contribution < 1.29 is 0 Å². The van der Waals surface area contributed by atoms with Crippen molar-refractivity contribution in [3.63, 3.8) is 0 Å². The Hall–Kier alpha value is -2.30. The smallest absolute Gasteiger partial charge is 0.0889 e. The molecule has 1 saturated heterocycles. The average Bonchev–Trinajstić information content (AvgIpc) is 2.69. The first-order valence-electron chi connectivity index (χ1n) is 8.98. The third-order valence-corrected chi connectivity index (χ3v) is 5.13. The number of hydrogen-bond donors (Lipinski definition) is 0. The Balaban J connectivity index is 1.42. The maximum atomic E-state index is 6.11. The van der Waals surface area contributed by atoms with Crippen LogP contribution in [0.4, 0.5) is 0 Å². The zero-order valence-electron chi connectivity index (χ0n) is 14.6. The van der Waals surface area contributed by atoms with Crippen molar-refractivity contribution in [3.8, 4) is 11.3 Å². The molecule has 3 aromatic rings. The van der Waals surface area contributed by atoms with Gasteiger partial charge in [-0.15, -0.1) is 0 Å². The number of pyridine rings is 1. The fraction of sp³-hybridized carbons (Fsp3) is 0.286. The summed E-state index contributed by atoms with van der Waals surface area (Å²) in [5, 5.41) is 0.720.